The lowest BCUT2D eigenvalue weighted by Gasteiger charge is -2.16. The zero-order valence-electron chi connectivity index (χ0n) is 11.1. The number of methoxy groups -OCH3 is 1. The Morgan fingerprint density at radius 2 is 2.26 bits per heavy atom. The number of nitrogens with zero attached hydrogens (tertiary/aromatic N) is 4. The molecule has 7 heteroatoms. The van der Waals surface area contributed by atoms with E-state index in [0.717, 1.165) is 0 Å². The summed E-state index contributed by atoms with van der Waals surface area (Å²) in [5.74, 6) is 0.597. The van der Waals surface area contributed by atoms with Gasteiger partial charge in [0.05, 0.1) is 20.1 Å². The van der Waals surface area contributed by atoms with Gasteiger partial charge in [0.25, 0.3) is 0 Å². The summed E-state index contributed by atoms with van der Waals surface area (Å²) in [7, 11) is 5.06. The van der Waals surface area contributed by atoms with Crippen LogP contribution >= 0.6 is 0 Å². The lowest BCUT2D eigenvalue weighted by Crippen LogP contribution is -2.20. The van der Waals surface area contributed by atoms with Crippen LogP contribution in [0.3, 0.4) is 0 Å². The minimum atomic E-state index is -0.319. The van der Waals surface area contributed by atoms with Crippen LogP contribution in [-0.2, 0) is 7.05 Å². The highest BCUT2D eigenvalue weighted by Crippen LogP contribution is 2.30. The molecule has 0 aliphatic heterocycles. The van der Waals surface area contributed by atoms with Gasteiger partial charge in [-0.05, 0) is 30.5 Å². The van der Waals surface area contributed by atoms with Crippen molar-refractivity contribution in [2.24, 2.45) is 7.05 Å². The van der Waals surface area contributed by atoms with Crippen LogP contribution < -0.4 is 10.1 Å². The monoisotopic (exact) mass is 265 g/mol. The van der Waals surface area contributed by atoms with E-state index < -0.39 is 0 Å². The fourth-order valence-corrected chi connectivity index (χ4v) is 1.96. The van der Waals surface area contributed by atoms with Crippen LogP contribution in [0, 0.1) is 5.82 Å². The Balaban J connectivity index is 2.46. The van der Waals surface area contributed by atoms with Crippen LogP contribution in [0.25, 0.3) is 0 Å². The summed E-state index contributed by atoms with van der Waals surface area (Å²) in [5.41, 5.74) is 0.699. The molecule has 0 saturated heterocycles. The van der Waals surface area contributed by atoms with Gasteiger partial charge in [0.2, 0.25) is 0 Å². The molecule has 0 aliphatic carbocycles. The molecule has 1 unspecified atom stereocenters. The number of likely N-dealkylation sites (N-methyl/N-ethyl adjacent to an activating group) is 1. The summed E-state index contributed by atoms with van der Waals surface area (Å²) in [6, 6.07) is 4.41. The van der Waals surface area contributed by atoms with E-state index in [1.807, 2.05) is 7.05 Å². The molecular weight excluding hydrogens is 249 g/mol. The quantitative estimate of drug-likeness (QED) is 0.862. The first kappa shape index (κ1) is 13.4. The predicted octanol–water partition coefficient (Wildman–Crippen LogP) is 0.709. The molecule has 102 valence electrons. The molecule has 1 heterocycles. The number of hydrogen-bond acceptors (Lipinski definition) is 5. The standard InChI is InChI=1S/C12H16FN5O/c1-14-7-10(12-15-17-18(2)16-12)9-6-8(13)4-5-11(9)19-3/h4-6,10,14H,7H2,1-3H3. The summed E-state index contributed by atoms with van der Waals surface area (Å²) < 4.78 is 18.7. The molecular formula is C12H16FN5O. The molecule has 0 amide bonds. The molecule has 0 fully saturated rings. The first-order valence-electron chi connectivity index (χ1n) is 5.87. The summed E-state index contributed by atoms with van der Waals surface area (Å²) >= 11 is 0. The number of ether oxygens (including phenoxy) is 1. The van der Waals surface area contributed by atoms with E-state index in [0.29, 0.717) is 23.7 Å². The number of halogens is 1. The van der Waals surface area contributed by atoms with E-state index in [2.05, 4.69) is 20.7 Å². The van der Waals surface area contributed by atoms with Crippen LogP contribution in [0.4, 0.5) is 4.39 Å². The van der Waals surface area contributed by atoms with Gasteiger partial charge >= 0.3 is 0 Å². The molecule has 0 radical (unpaired) electrons. The van der Waals surface area contributed by atoms with Gasteiger partial charge in [-0.1, -0.05) is 0 Å². The normalized spacial score (nSPS) is 12.4. The second kappa shape index (κ2) is 5.75. The van der Waals surface area contributed by atoms with Gasteiger partial charge < -0.3 is 10.1 Å². The Morgan fingerprint density at radius 3 is 2.84 bits per heavy atom. The van der Waals surface area contributed by atoms with Crippen LogP contribution in [0.15, 0.2) is 18.2 Å². The minimum absolute atomic E-state index is 0.218. The van der Waals surface area contributed by atoms with E-state index in [1.54, 1.807) is 20.2 Å². The van der Waals surface area contributed by atoms with Crippen LogP contribution in [0.1, 0.15) is 17.3 Å². The van der Waals surface area contributed by atoms with Crippen molar-refractivity contribution in [3.8, 4) is 5.75 Å². The lowest BCUT2D eigenvalue weighted by molar-refractivity contribution is 0.404. The minimum Gasteiger partial charge on any atom is -0.496 e. The highest BCUT2D eigenvalue weighted by Gasteiger charge is 2.22. The zero-order valence-corrected chi connectivity index (χ0v) is 11.1. The van der Waals surface area contributed by atoms with Gasteiger partial charge in [0.1, 0.15) is 11.6 Å². The summed E-state index contributed by atoms with van der Waals surface area (Å²) in [6.45, 7) is 0.561. The number of hydrogen-bond donors (Lipinski definition) is 1. The molecule has 1 N–H and O–H groups in total. The number of benzene rings is 1. The number of aryl methyl sites for hydroxylation is 1. The van der Waals surface area contributed by atoms with Crippen molar-refractivity contribution in [2.45, 2.75) is 5.92 Å². The predicted molar refractivity (Wildman–Crippen MR) is 67.5 cm³/mol. The SMILES string of the molecule is CNCC(c1nnn(C)n1)c1cc(F)ccc1OC. The number of nitrogens with one attached hydrogen (secondary N) is 1. The van der Waals surface area contributed by atoms with Gasteiger partial charge in [-0.25, -0.2) is 4.39 Å². The molecule has 0 bridgehead atoms. The first-order valence-corrected chi connectivity index (χ1v) is 5.87. The van der Waals surface area contributed by atoms with E-state index in [1.165, 1.54) is 16.9 Å². The van der Waals surface area contributed by atoms with Crippen molar-refractivity contribution in [3.05, 3.63) is 35.4 Å². The number of rotatable bonds is 5. The highest BCUT2D eigenvalue weighted by atomic mass is 19.1. The topological polar surface area (TPSA) is 64.9 Å². The van der Waals surface area contributed by atoms with Crippen molar-refractivity contribution in [1.29, 1.82) is 0 Å². The Hall–Kier alpha value is -2.02. The van der Waals surface area contributed by atoms with Crippen molar-refractivity contribution >= 4 is 0 Å². The van der Waals surface area contributed by atoms with E-state index >= 15 is 0 Å². The Kier molecular flexibility index (Phi) is 4.06. The third-order valence-corrected chi connectivity index (χ3v) is 2.81. The Bertz CT molecular complexity index is 557. The average molecular weight is 265 g/mol. The maximum absolute atomic E-state index is 13.5. The highest BCUT2D eigenvalue weighted by molar-refractivity contribution is 5.39. The summed E-state index contributed by atoms with van der Waals surface area (Å²) in [5, 5.41) is 15.1. The average Bonchev–Trinajstić information content (AvgIpc) is 2.82. The van der Waals surface area contributed by atoms with E-state index in [-0.39, 0.29) is 11.7 Å². The maximum atomic E-state index is 13.5. The van der Waals surface area contributed by atoms with Gasteiger partial charge in [-0.2, -0.15) is 4.80 Å². The van der Waals surface area contributed by atoms with Gasteiger partial charge in [-0.15, -0.1) is 10.2 Å². The molecule has 1 aromatic carbocycles. The van der Waals surface area contributed by atoms with E-state index in [4.69, 9.17) is 4.74 Å². The Labute approximate surface area is 110 Å². The molecule has 1 atom stereocenters. The first-order chi connectivity index (χ1) is 9.15. The maximum Gasteiger partial charge on any atom is 0.183 e. The molecule has 2 aromatic rings. The van der Waals surface area contributed by atoms with Crippen LogP contribution in [0.5, 0.6) is 5.75 Å². The molecule has 0 aliphatic rings. The zero-order chi connectivity index (χ0) is 13.8. The van der Waals surface area contributed by atoms with Crippen molar-refractivity contribution in [3.63, 3.8) is 0 Å². The molecule has 0 saturated carbocycles. The number of tetrazole rings is 1. The Morgan fingerprint density at radius 1 is 1.47 bits per heavy atom. The third-order valence-electron chi connectivity index (χ3n) is 2.81. The second-order valence-corrected chi connectivity index (χ2v) is 4.13. The van der Waals surface area contributed by atoms with Gasteiger partial charge in [0.15, 0.2) is 5.82 Å². The third kappa shape index (κ3) is 2.87. The van der Waals surface area contributed by atoms with Gasteiger partial charge in [0, 0.05) is 12.1 Å². The van der Waals surface area contributed by atoms with Crippen molar-refractivity contribution in [2.75, 3.05) is 20.7 Å². The molecule has 0 spiro atoms. The van der Waals surface area contributed by atoms with Crippen molar-refractivity contribution in [1.82, 2.24) is 25.5 Å². The fourth-order valence-electron chi connectivity index (χ4n) is 1.96. The van der Waals surface area contributed by atoms with Crippen LogP contribution in [-0.4, -0.2) is 40.9 Å². The molecule has 2 rings (SSSR count). The largest absolute Gasteiger partial charge is 0.496 e. The van der Waals surface area contributed by atoms with Gasteiger partial charge in [-0.3, -0.25) is 0 Å². The second-order valence-electron chi connectivity index (χ2n) is 4.13. The molecule has 1 aromatic heterocycles. The summed E-state index contributed by atoms with van der Waals surface area (Å²) in [6.07, 6.45) is 0. The van der Waals surface area contributed by atoms with E-state index in [9.17, 15) is 4.39 Å². The lowest BCUT2D eigenvalue weighted by atomic mass is 9.97. The molecule has 19 heavy (non-hydrogen) atoms. The molecule has 6 nitrogen and oxygen atoms in total. The number of aromatic nitrogens is 4. The summed E-state index contributed by atoms with van der Waals surface area (Å²) in [4.78, 5) is 1.38. The smallest absolute Gasteiger partial charge is 0.183 e. The van der Waals surface area contributed by atoms with Crippen LogP contribution in [0.2, 0.25) is 0 Å². The van der Waals surface area contributed by atoms with Crippen molar-refractivity contribution < 1.29 is 9.13 Å². The fraction of sp³-hybridized carbons (Fsp3) is 0.417.